The van der Waals surface area contributed by atoms with E-state index in [4.69, 9.17) is 9.47 Å². The molecule has 0 radical (unpaired) electrons. The first-order valence-corrected chi connectivity index (χ1v) is 10.2. The van der Waals surface area contributed by atoms with Crippen LogP contribution in [0.15, 0.2) is 39.3 Å². The Morgan fingerprint density at radius 3 is 2.36 bits per heavy atom. The van der Waals surface area contributed by atoms with E-state index >= 15 is 0 Å². The number of ether oxygens (including phenoxy) is 2. The molecule has 1 atom stereocenters. The highest BCUT2D eigenvalue weighted by atomic mass is 79.9. The molecule has 0 saturated carbocycles. The lowest BCUT2D eigenvalue weighted by molar-refractivity contribution is -0.133. The zero-order valence-corrected chi connectivity index (χ0v) is 19.2. The van der Waals surface area contributed by atoms with Gasteiger partial charge in [-0.1, -0.05) is 22.0 Å². The van der Waals surface area contributed by atoms with E-state index in [0.717, 1.165) is 25.6 Å². The van der Waals surface area contributed by atoms with Gasteiger partial charge in [-0.15, -0.1) is 0 Å². The summed E-state index contributed by atoms with van der Waals surface area (Å²) >= 11 is 6.79. The van der Waals surface area contributed by atoms with Crippen LogP contribution in [0.2, 0.25) is 0 Å². The number of hydrogen-bond acceptors (Lipinski definition) is 4. The van der Waals surface area contributed by atoms with Crippen LogP contribution >= 0.6 is 31.9 Å². The van der Waals surface area contributed by atoms with Crippen LogP contribution in [0.5, 0.6) is 11.5 Å². The Morgan fingerprint density at radius 1 is 1.00 bits per heavy atom. The van der Waals surface area contributed by atoms with Crippen molar-refractivity contribution in [1.82, 2.24) is 10.9 Å². The topological polar surface area (TPSA) is 76.7 Å². The van der Waals surface area contributed by atoms with Crippen molar-refractivity contribution in [3.63, 3.8) is 0 Å². The van der Waals surface area contributed by atoms with Crippen molar-refractivity contribution in [3.8, 4) is 11.5 Å². The zero-order chi connectivity index (χ0) is 20.8. The molecule has 0 fully saturated rings. The second kappa shape index (κ2) is 9.93. The first kappa shape index (κ1) is 22.2. The average Bonchev–Trinajstić information content (AvgIpc) is 2.61. The van der Waals surface area contributed by atoms with E-state index in [0.29, 0.717) is 11.5 Å². The summed E-state index contributed by atoms with van der Waals surface area (Å²) in [6.45, 7) is 7.21. The van der Waals surface area contributed by atoms with Gasteiger partial charge in [-0.05, 0) is 84.6 Å². The van der Waals surface area contributed by atoms with Gasteiger partial charge < -0.3 is 9.47 Å². The second-order valence-electron chi connectivity index (χ2n) is 6.37. The number of hydrazine groups is 1. The Balaban J connectivity index is 1.81. The molecule has 0 aromatic heterocycles. The van der Waals surface area contributed by atoms with Crippen LogP contribution in [0.3, 0.4) is 0 Å². The van der Waals surface area contributed by atoms with Crippen molar-refractivity contribution < 1.29 is 19.1 Å². The van der Waals surface area contributed by atoms with E-state index in [9.17, 15) is 9.59 Å². The molecule has 2 aromatic carbocycles. The van der Waals surface area contributed by atoms with Crippen LogP contribution in [0.4, 0.5) is 0 Å². The standard InChI is InChI=1S/C20H22Br2N2O4/c1-11-5-6-16(8-12(11)2)28-14(4)20(26)24-23-18(25)10-27-19-13(3)7-15(21)9-17(19)22/h5-9,14H,10H2,1-4H3,(H,23,25)(H,24,26). The fourth-order valence-corrected chi connectivity index (χ4v) is 3.88. The van der Waals surface area contributed by atoms with Gasteiger partial charge in [-0.3, -0.25) is 20.4 Å². The number of halogens is 2. The Morgan fingerprint density at radius 2 is 1.71 bits per heavy atom. The van der Waals surface area contributed by atoms with Crippen molar-refractivity contribution in [2.24, 2.45) is 0 Å². The summed E-state index contributed by atoms with van der Waals surface area (Å²) < 4.78 is 12.8. The molecule has 1 unspecified atom stereocenters. The largest absolute Gasteiger partial charge is 0.482 e. The molecule has 0 heterocycles. The van der Waals surface area contributed by atoms with Gasteiger partial charge in [-0.25, -0.2) is 0 Å². The second-order valence-corrected chi connectivity index (χ2v) is 8.14. The zero-order valence-electron chi connectivity index (χ0n) is 16.1. The summed E-state index contributed by atoms with van der Waals surface area (Å²) in [5.74, 6) is 0.209. The molecule has 0 aliphatic carbocycles. The number of nitrogens with one attached hydrogen (secondary N) is 2. The number of benzene rings is 2. The van der Waals surface area contributed by atoms with E-state index in [1.807, 2.05) is 45.0 Å². The van der Waals surface area contributed by atoms with Gasteiger partial charge in [0.05, 0.1) is 4.47 Å². The van der Waals surface area contributed by atoms with Gasteiger partial charge >= 0.3 is 0 Å². The molecule has 0 aliphatic heterocycles. The van der Waals surface area contributed by atoms with Crippen LogP contribution in [0, 0.1) is 20.8 Å². The lowest BCUT2D eigenvalue weighted by Gasteiger charge is -2.16. The maximum atomic E-state index is 12.1. The van der Waals surface area contributed by atoms with Crippen LogP contribution < -0.4 is 20.3 Å². The van der Waals surface area contributed by atoms with Crippen LogP contribution in [0.1, 0.15) is 23.6 Å². The number of carbonyl (C=O) groups excluding carboxylic acids is 2. The normalized spacial score (nSPS) is 11.5. The molecule has 6 nitrogen and oxygen atoms in total. The van der Waals surface area contributed by atoms with Gasteiger partial charge in [0, 0.05) is 4.47 Å². The van der Waals surface area contributed by atoms with E-state index in [2.05, 4.69) is 42.7 Å². The molecule has 8 heteroatoms. The van der Waals surface area contributed by atoms with Crippen molar-refractivity contribution >= 4 is 43.7 Å². The SMILES string of the molecule is Cc1ccc(OC(C)C(=O)NNC(=O)COc2c(C)cc(Br)cc2Br)cc1C. The third-order valence-corrected chi connectivity index (χ3v) is 5.07. The van der Waals surface area contributed by atoms with Crippen molar-refractivity contribution in [1.29, 1.82) is 0 Å². The van der Waals surface area contributed by atoms with E-state index in [1.54, 1.807) is 13.0 Å². The molecule has 0 aliphatic rings. The quantitative estimate of drug-likeness (QED) is 0.569. The molecule has 150 valence electrons. The number of carbonyl (C=O) groups is 2. The summed E-state index contributed by atoms with van der Waals surface area (Å²) in [5, 5.41) is 0. The fraction of sp³-hybridized carbons (Fsp3) is 0.300. The van der Waals surface area contributed by atoms with Gasteiger partial charge in [0.2, 0.25) is 0 Å². The maximum absolute atomic E-state index is 12.1. The number of hydrogen-bond donors (Lipinski definition) is 2. The molecule has 2 N–H and O–H groups in total. The van der Waals surface area contributed by atoms with Gasteiger partial charge in [0.1, 0.15) is 11.5 Å². The Hall–Kier alpha value is -2.06. The van der Waals surface area contributed by atoms with Crippen LogP contribution in [0.25, 0.3) is 0 Å². The molecular weight excluding hydrogens is 492 g/mol. The first-order valence-electron chi connectivity index (χ1n) is 8.58. The smallest absolute Gasteiger partial charge is 0.279 e. The summed E-state index contributed by atoms with van der Waals surface area (Å²) in [6, 6.07) is 9.30. The molecule has 0 spiro atoms. The Kier molecular flexibility index (Phi) is 7.88. The summed E-state index contributed by atoms with van der Waals surface area (Å²) in [4.78, 5) is 24.1. The minimum Gasteiger partial charge on any atom is -0.482 e. The van der Waals surface area contributed by atoms with E-state index in [1.165, 1.54) is 0 Å². The third-order valence-electron chi connectivity index (χ3n) is 4.03. The molecule has 2 amide bonds. The Labute approximate surface area is 181 Å². The molecule has 2 aromatic rings. The predicted molar refractivity (Wildman–Crippen MR) is 114 cm³/mol. The van der Waals surface area contributed by atoms with Gasteiger partial charge in [0.15, 0.2) is 12.7 Å². The number of rotatable bonds is 6. The molecule has 2 rings (SSSR count). The highest BCUT2D eigenvalue weighted by Gasteiger charge is 2.16. The van der Waals surface area contributed by atoms with Crippen LogP contribution in [-0.2, 0) is 9.59 Å². The Bertz CT molecular complexity index is 863. The lowest BCUT2D eigenvalue weighted by Crippen LogP contribution is -2.48. The van der Waals surface area contributed by atoms with Crippen molar-refractivity contribution in [2.45, 2.75) is 33.8 Å². The molecular formula is C20H22Br2N2O4. The molecule has 28 heavy (non-hydrogen) atoms. The summed E-state index contributed by atoms with van der Waals surface area (Å²) in [5.41, 5.74) is 7.75. The fourth-order valence-electron chi connectivity index (χ4n) is 2.32. The molecule has 0 saturated heterocycles. The van der Waals surface area contributed by atoms with Crippen LogP contribution in [-0.4, -0.2) is 24.5 Å². The minimum absolute atomic E-state index is 0.242. The third kappa shape index (κ3) is 6.24. The highest BCUT2D eigenvalue weighted by molar-refractivity contribution is 9.11. The lowest BCUT2D eigenvalue weighted by atomic mass is 10.1. The summed E-state index contributed by atoms with van der Waals surface area (Å²) in [7, 11) is 0. The first-order chi connectivity index (χ1) is 13.2. The predicted octanol–water partition coefficient (Wildman–Crippen LogP) is 4.13. The van der Waals surface area contributed by atoms with Crippen molar-refractivity contribution in [2.75, 3.05) is 6.61 Å². The van der Waals surface area contributed by atoms with Crippen molar-refractivity contribution in [3.05, 3.63) is 56.0 Å². The van der Waals surface area contributed by atoms with Gasteiger partial charge in [-0.2, -0.15) is 0 Å². The summed E-state index contributed by atoms with van der Waals surface area (Å²) in [6.07, 6.45) is -0.772. The number of amides is 2. The maximum Gasteiger partial charge on any atom is 0.279 e. The number of aryl methyl sites for hydroxylation is 3. The minimum atomic E-state index is -0.772. The monoisotopic (exact) mass is 512 g/mol. The highest BCUT2D eigenvalue weighted by Crippen LogP contribution is 2.32. The molecule has 0 bridgehead atoms. The van der Waals surface area contributed by atoms with E-state index in [-0.39, 0.29) is 6.61 Å². The van der Waals surface area contributed by atoms with E-state index < -0.39 is 17.9 Å². The van der Waals surface area contributed by atoms with Gasteiger partial charge in [0.25, 0.3) is 11.8 Å². The average molecular weight is 514 g/mol.